The van der Waals surface area contributed by atoms with Gasteiger partial charge in [0, 0.05) is 9.26 Å². The van der Waals surface area contributed by atoms with Crippen molar-refractivity contribution in [3.63, 3.8) is 0 Å². The summed E-state index contributed by atoms with van der Waals surface area (Å²) < 4.78 is 1.06. The van der Waals surface area contributed by atoms with E-state index in [1.807, 2.05) is 31.2 Å². The average molecular weight is 334 g/mol. The maximum atomic E-state index is 11.5. The van der Waals surface area contributed by atoms with Crippen molar-refractivity contribution >= 4 is 34.3 Å². The van der Waals surface area contributed by atoms with E-state index in [0.29, 0.717) is 6.42 Å². The molecule has 0 heterocycles. The Kier molecular flexibility index (Phi) is 5.54. The van der Waals surface area contributed by atoms with Gasteiger partial charge in [-0.15, -0.1) is 0 Å². The summed E-state index contributed by atoms with van der Waals surface area (Å²) in [5.41, 5.74) is 0.747. The molecule has 0 aliphatic heterocycles. The molecule has 1 rings (SSSR count). The molecular formula is C11H15IN2O2. The average Bonchev–Trinajstić information content (AvgIpc) is 2.26. The molecule has 0 radical (unpaired) electrons. The van der Waals surface area contributed by atoms with Crippen molar-refractivity contribution in [2.24, 2.45) is 0 Å². The van der Waals surface area contributed by atoms with Crippen molar-refractivity contribution in [1.82, 2.24) is 5.32 Å². The molecule has 1 unspecified atom stereocenters. The highest BCUT2D eigenvalue weighted by molar-refractivity contribution is 14.1. The van der Waals surface area contributed by atoms with Crippen LogP contribution in [-0.2, 0) is 0 Å². The van der Waals surface area contributed by atoms with Crippen LogP contribution in [0.1, 0.15) is 13.3 Å². The molecule has 0 bridgehead atoms. The summed E-state index contributed by atoms with van der Waals surface area (Å²) in [7, 11) is 0. The predicted octanol–water partition coefficient (Wildman–Crippen LogP) is 2.18. The molecule has 4 nitrogen and oxygen atoms in total. The number of nitrogens with one attached hydrogen (secondary N) is 2. The first kappa shape index (κ1) is 13.2. The van der Waals surface area contributed by atoms with Crippen LogP contribution in [0.2, 0.25) is 0 Å². The second-order valence-electron chi connectivity index (χ2n) is 3.40. The first-order chi connectivity index (χ1) is 7.65. The Morgan fingerprint density at radius 3 is 2.88 bits per heavy atom. The second-order valence-corrected chi connectivity index (χ2v) is 4.64. The van der Waals surface area contributed by atoms with Gasteiger partial charge in [-0.2, -0.15) is 0 Å². The van der Waals surface area contributed by atoms with Gasteiger partial charge in [0.1, 0.15) is 0 Å². The van der Waals surface area contributed by atoms with Crippen LogP contribution >= 0.6 is 22.6 Å². The zero-order chi connectivity index (χ0) is 12.0. The van der Waals surface area contributed by atoms with E-state index in [1.165, 1.54) is 0 Å². The predicted molar refractivity (Wildman–Crippen MR) is 72.5 cm³/mol. The first-order valence-electron chi connectivity index (χ1n) is 5.09. The van der Waals surface area contributed by atoms with E-state index in [-0.39, 0.29) is 18.7 Å². The number of hydrogen-bond acceptors (Lipinski definition) is 2. The number of benzene rings is 1. The summed E-state index contributed by atoms with van der Waals surface area (Å²) in [6, 6.07) is 7.04. The summed E-state index contributed by atoms with van der Waals surface area (Å²) in [4.78, 5) is 11.5. The Balaban J connectivity index is 2.51. The molecule has 16 heavy (non-hydrogen) atoms. The van der Waals surface area contributed by atoms with Gasteiger partial charge in [-0.1, -0.05) is 13.0 Å². The zero-order valence-electron chi connectivity index (χ0n) is 9.03. The fourth-order valence-electron chi connectivity index (χ4n) is 1.20. The molecule has 0 aromatic heterocycles. The second kappa shape index (κ2) is 6.70. The van der Waals surface area contributed by atoms with Gasteiger partial charge in [0.15, 0.2) is 0 Å². The number of amides is 2. The lowest BCUT2D eigenvalue weighted by Crippen LogP contribution is -2.39. The van der Waals surface area contributed by atoms with Gasteiger partial charge >= 0.3 is 6.03 Å². The van der Waals surface area contributed by atoms with E-state index < -0.39 is 0 Å². The summed E-state index contributed by atoms with van der Waals surface area (Å²) >= 11 is 2.18. The first-order valence-corrected chi connectivity index (χ1v) is 6.17. The number of hydrogen-bond donors (Lipinski definition) is 3. The van der Waals surface area contributed by atoms with Crippen LogP contribution in [0.25, 0.3) is 0 Å². The smallest absolute Gasteiger partial charge is 0.319 e. The fourth-order valence-corrected chi connectivity index (χ4v) is 1.74. The van der Waals surface area contributed by atoms with E-state index in [0.717, 1.165) is 9.26 Å². The molecule has 1 aromatic carbocycles. The van der Waals surface area contributed by atoms with E-state index in [9.17, 15) is 4.79 Å². The summed E-state index contributed by atoms with van der Waals surface area (Å²) in [5, 5.41) is 14.3. The van der Waals surface area contributed by atoms with Gasteiger partial charge in [0.2, 0.25) is 0 Å². The molecule has 5 heteroatoms. The standard InChI is InChI=1S/C11H15IN2O2/c1-2-9(7-15)13-11(16)14-10-5-3-4-8(12)6-10/h3-6,9,15H,2,7H2,1H3,(H2,13,14,16). The van der Waals surface area contributed by atoms with Crippen LogP contribution in [0, 0.1) is 3.57 Å². The molecule has 3 N–H and O–H groups in total. The van der Waals surface area contributed by atoms with E-state index in [2.05, 4.69) is 33.2 Å². The molecular weight excluding hydrogens is 319 g/mol. The number of carbonyl (C=O) groups is 1. The molecule has 0 aliphatic carbocycles. The summed E-state index contributed by atoms with van der Waals surface area (Å²) in [5.74, 6) is 0. The number of anilines is 1. The molecule has 88 valence electrons. The van der Waals surface area contributed by atoms with Crippen molar-refractivity contribution in [1.29, 1.82) is 0 Å². The minimum absolute atomic E-state index is 0.0454. The lowest BCUT2D eigenvalue weighted by molar-refractivity contribution is 0.222. The number of carbonyl (C=O) groups excluding carboxylic acids is 1. The van der Waals surface area contributed by atoms with Gasteiger partial charge in [0.05, 0.1) is 12.6 Å². The van der Waals surface area contributed by atoms with E-state index in [1.54, 1.807) is 0 Å². The van der Waals surface area contributed by atoms with Gasteiger partial charge in [-0.25, -0.2) is 4.79 Å². The van der Waals surface area contributed by atoms with Gasteiger partial charge in [-0.05, 0) is 47.2 Å². The van der Waals surface area contributed by atoms with Crippen LogP contribution in [0.3, 0.4) is 0 Å². The number of rotatable bonds is 4. The third-order valence-electron chi connectivity index (χ3n) is 2.13. The third kappa shape index (κ3) is 4.36. The van der Waals surface area contributed by atoms with Crippen LogP contribution in [0.5, 0.6) is 0 Å². The summed E-state index contributed by atoms with van der Waals surface area (Å²) in [6.07, 6.45) is 0.705. The Morgan fingerprint density at radius 1 is 1.56 bits per heavy atom. The quantitative estimate of drug-likeness (QED) is 0.739. The highest BCUT2D eigenvalue weighted by Gasteiger charge is 2.08. The summed E-state index contributed by atoms with van der Waals surface area (Å²) in [6.45, 7) is 1.86. The van der Waals surface area contributed by atoms with E-state index >= 15 is 0 Å². The van der Waals surface area contributed by atoms with Crippen molar-refractivity contribution in [2.75, 3.05) is 11.9 Å². The number of urea groups is 1. The monoisotopic (exact) mass is 334 g/mol. The molecule has 0 spiro atoms. The van der Waals surface area contributed by atoms with Gasteiger partial charge in [-0.3, -0.25) is 0 Å². The van der Waals surface area contributed by atoms with Crippen LogP contribution < -0.4 is 10.6 Å². The van der Waals surface area contributed by atoms with Crippen LogP contribution in [-0.4, -0.2) is 23.8 Å². The highest BCUT2D eigenvalue weighted by atomic mass is 127. The van der Waals surface area contributed by atoms with Crippen LogP contribution in [0.4, 0.5) is 10.5 Å². The number of aliphatic hydroxyl groups is 1. The van der Waals surface area contributed by atoms with Crippen molar-refractivity contribution in [2.45, 2.75) is 19.4 Å². The molecule has 1 atom stereocenters. The van der Waals surface area contributed by atoms with Crippen molar-refractivity contribution < 1.29 is 9.90 Å². The Labute approximate surface area is 109 Å². The van der Waals surface area contributed by atoms with Crippen molar-refractivity contribution in [3.05, 3.63) is 27.8 Å². The SMILES string of the molecule is CCC(CO)NC(=O)Nc1cccc(I)c1. The highest BCUT2D eigenvalue weighted by Crippen LogP contribution is 2.12. The lowest BCUT2D eigenvalue weighted by Gasteiger charge is -2.14. The minimum atomic E-state index is -0.289. The maximum absolute atomic E-state index is 11.5. The molecule has 0 saturated heterocycles. The molecule has 2 amide bonds. The molecule has 0 saturated carbocycles. The number of halogens is 1. The minimum Gasteiger partial charge on any atom is -0.394 e. The Bertz CT molecular complexity index is 354. The lowest BCUT2D eigenvalue weighted by atomic mass is 10.2. The molecule has 0 fully saturated rings. The van der Waals surface area contributed by atoms with Crippen LogP contribution in [0.15, 0.2) is 24.3 Å². The fraction of sp³-hybridized carbons (Fsp3) is 0.364. The number of aliphatic hydroxyl groups excluding tert-OH is 1. The topological polar surface area (TPSA) is 61.4 Å². The maximum Gasteiger partial charge on any atom is 0.319 e. The normalized spacial score (nSPS) is 11.9. The zero-order valence-corrected chi connectivity index (χ0v) is 11.2. The van der Waals surface area contributed by atoms with Crippen molar-refractivity contribution in [3.8, 4) is 0 Å². The Morgan fingerprint density at radius 2 is 2.31 bits per heavy atom. The largest absolute Gasteiger partial charge is 0.394 e. The van der Waals surface area contributed by atoms with E-state index in [4.69, 9.17) is 5.11 Å². The molecule has 1 aromatic rings. The third-order valence-corrected chi connectivity index (χ3v) is 2.80. The van der Waals surface area contributed by atoms with Gasteiger partial charge in [0.25, 0.3) is 0 Å². The van der Waals surface area contributed by atoms with Gasteiger partial charge < -0.3 is 15.7 Å². The molecule has 0 aliphatic rings. The Hall–Kier alpha value is -0.820.